The molecule has 206 valence electrons. The standard InChI is InChI=1S/C29H29Cl2FN2O5/c1-27(2,37)19-13-23-25(24(32)14-19)29(18-3-5-20(30)6-4-18,39-17-28(9-10-28)38-12-11-35)34(26(23)36)16-22-8-7-21(31)15-33-22/h3-8,13-15,35,37H,9-12,16-17H2,1-2H3/t29-/m1/s1. The zero-order valence-electron chi connectivity index (χ0n) is 21.6. The summed E-state index contributed by atoms with van der Waals surface area (Å²) in [5.41, 5.74) is -2.36. The molecule has 0 radical (unpaired) electrons. The van der Waals surface area contributed by atoms with Crippen LogP contribution < -0.4 is 0 Å². The minimum Gasteiger partial charge on any atom is -0.394 e. The fourth-order valence-electron chi connectivity index (χ4n) is 4.92. The normalized spacial score (nSPS) is 19.9. The molecule has 1 aromatic heterocycles. The Morgan fingerprint density at radius 1 is 1.08 bits per heavy atom. The van der Waals surface area contributed by atoms with Gasteiger partial charge in [0, 0.05) is 16.8 Å². The van der Waals surface area contributed by atoms with Crippen molar-refractivity contribution in [3.63, 3.8) is 0 Å². The maximum absolute atomic E-state index is 16.2. The van der Waals surface area contributed by atoms with Crippen LogP contribution in [0.3, 0.4) is 0 Å². The summed E-state index contributed by atoms with van der Waals surface area (Å²) >= 11 is 12.2. The van der Waals surface area contributed by atoms with Gasteiger partial charge in [0.1, 0.15) is 5.82 Å². The van der Waals surface area contributed by atoms with E-state index in [0.29, 0.717) is 34.1 Å². The number of carbonyl (C=O) groups is 1. The van der Waals surface area contributed by atoms with E-state index in [-0.39, 0.29) is 43.1 Å². The van der Waals surface area contributed by atoms with Crippen LogP contribution >= 0.6 is 23.2 Å². The van der Waals surface area contributed by atoms with Gasteiger partial charge in [0.2, 0.25) is 0 Å². The average Bonchev–Trinajstić information content (AvgIpc) is 3.63. The van der Waals surface area contributed by atoms with Gasteiger partial charge in [-0.2, -0.15) is 0 Å². The van der Waals surface area contributed by atoms with Crippen LogP contribution in [0.1, 0.15) is 59.4 Å². The van der Waals surface area contributed by atoms with Crippen molar-refractivity contribution in [2.75, 3.05) is 19.8 Å². The number of carbonyl (C=O) groups excluding carboxylic acids is 1. The predicted molar refractivity (Wildman–Crippen MR) is 144 cm³/mol. The quantitative estimate of drug-likeness (QED) is 0.347. The lowest BCUT2D eigenvalue weighted by molar-refractivity contribution is -0.151. The van der Waals surface area contributed by atoms with Crippen molar-refractivity contribution in [3.05, 3.63) is 98.5 Å². The predicted octanol–water partition coefficient (Wildman–Crippen LogP) is 5.17. The van der Waals surface area contributed by atoms with Gasteiger partial charge in [-0.15, -0.1) is 0 Å². The van der Waals surface area contributed by atoms with Crippen molar-refractivity contribution in [1.29, 1.82) is 0 Å². The molecule has 0 saturated heterocycles. The molecule has 3 aromatic rings. The zero-order chi connectivity index (χ0) is 28.0. The van der Waals surface area contributed by atoms with Gasteiger partial charge in [-0.25, -0.2) is 4.39 Å². The number of aliphatic hydroxyl groups is 2. The molecule has 5 rings (SSSR count). The topological polar surface area (TPSA) is 92.1 Å². The van der Waals surface area contributed by atoms with Crippen LogP contribution in [-0.4, -0.2) is 51.4 Å². The van der Waals surface area contributed by atoms with E-state index in [1.165, 1.54) is 37.1 Å². The number of rotatable bonds is 10. The summed E-state index contributed by atoms with van der Waals surface area (Å²) in [5, 5.41) is 20.8. The molecule has 1 aliphatic heterocycles. The molecule has 39 heavy (non-hydrogen) atoms. The van der Waals surface area contributed by atoms with Gasteiger partial charge in [0.05, 0.1) is 59.4 Å². The highest BCUT2D eigenvalue weighted by atomic mass is 35.5. The van der Waals surface area contributed by atoms with E-state index in [1.807, 2.05) is 0 Å². The molecule has 1 atom stereocenters. The Balaban J connectivity index is 1.70. The third-order valence-electron chi connectivity index (χ3n) is 7.19. The molecule has 2 aliphatic rings. The molecule has 10 heteroatoms. The number of benzene rings is 2. The second kappa shape index (κ2) is 10.4. The van der Waals surface area contributed by atoms with Gasteiger partial charge in [-0.1, -0.05) is 35.3 Å². The fraction of sp³-hybridized carbons (Fsp3) is 0.379. The number of hydrogen-bond acceptors (Lipinski definition) is 6. The first-order chi connectivity index (χ1) is 18.5. The van der Waals surface area contributed by atoms with E-state index in [2.05, 4.69) is 4.98 Å². The lowest BCUT2D eigenvalue weighted by Gasteiger charge is -2.40. The van der Waals surface area contributed by atoms with Crippen molar-refractivity contribution in [3.8, 4) is 0 Å². The summed E-state index contributed by atoms with van der Waals surface area (Å²) in [4.78, 5) is 19.9. The van der Waals surface area contributed by atoms with Gasteiger partial charge < -0.3 is 19.7 Å². The molecule has 1 fully saturated rings. The molecular formula is C29H29Cl2FN2O5. The van der Waals surface area contributed by atoms with E-state index in [0.717, 1.165) is 0 Å². The fourth-order valence-corrected chi connectivity index (χ4v) is 5.16. The zero-order valence-corrected chi connectivity index (χ0v) is 23.1. The van der Waals surface area contributed by atoms with E-state index < -0.39 is 28.7 Å². The number of amides is 1. The minimum atomic E-state index is -1.70. The van der Waals surface area contributed by atoms with Gasteiger partial charge in [0.15, 0.2) is 5.72 Å². The highest BCUT2D eigenvalue weighted by Crippen LogP contribution is 2.50. The molecule has 1 saturated carbocycles. The van der Waals surface area contributed by atoms with Crippen LogP contribution in [0.2, 0.25) is 10.0 Å². The van der Waals surface area contributed by atoms with E-state index in [4.69, 9.17) is 32.7 Å². The highest BCUT2D eigenvalue weighted by Gasteiger charge is 2.57. The number of halogens is 3. The van der Waals surface area contributed by atoms with Gasteiger partial charge in [-0.3, -0.25) is 14.7 Å². The summed E-state index contributed by atoms with van der Waals surface area (Å²) < 4.78 is 28.7. The Labute approximate surface area is 236 Å². The molecule has 0 unspecified atom stereocenters. The van der Waals surface area contributed by atoms with Crippen LogP contribution in [0.25, 0.3) is 0 Å². The number of aromatic nitrogens is 1. The molecule has 1 aliphatic carbocycles. The summed E-state index contributed by atoms with van der Waals surface area (Å²) in [6.07, 6.45) is 2.87. The highest BCUT2D eigenvalue weighted by molar-refractivity contribution is 6.30. The van der Waals surface area contributed by atoms with Crippen LogP contribution in [0.4, 0.5) is 4.39 Å². The van der Waals surface area contributed by atoms with Gasteiger partial charge in [0.25, 0.3) is 5.91 Å². The van der Waals surface area contributed by atoms with E-state index >= 15 is 4.39 Å². The Morgan fingerprint density at radius 3 is 2.36 bits per heavy atom. The summed E-state index contributed by atoms with van der Waals surface area (Å²) in [7, 11) is 0. The smallest absolute Gasteiger partial charge is 0.257 e. The average molecular weight is 575 g/mol. The van der Waals surface area contributed by atoms with Gasteiger partial charge in [-0.05, 0) is 68.7 Å². The molecule has 7 nitrogen and oxygen atoms in total. The first-order valence-electron chi connectivity index (χ1n) is 12.6. The third-order valence-corrected chi connectivity index (χ3v) is 7.66. The van der Waals surface area contributed by atoms with Crippen molar-refractivity contribution in [2.24, 2.45) is 0 Å². The molecule has 2 N–H and O–H groups in total. The van der Waals surface area contributed by atoms with Crippen molar-refractivity contribution < 1.29 is 28.9 Å². The largest absolute Gasteiger partial charge is 0.394 e. The summed E-state index contributed by atoms with van der Waals surface area (Å²) in [6, 6.07) is 12.8. The molecule has 0 spiro atoms. The van der Waals surface area contributed by atoms with Gasteiger partial charge >= 0.3 is 0 Å². The van der Waals surface area contributed by atoms with Crippen LogP contribution in [0, 0.1) is 5.82 Å². The lowest BCUT2D eigenvalue weighted by atomic mass is 9.88. The monoisotopic (exact) mass is 574 g/mol. The molecule has 0 bridgehead atoms. The third kappa shape index (κ3) is 5.29. The van der Waals surface area contributed by atoms with E-state index in [9.17, 15) is 15.0 Å². The Bertz CT molecular complexity index is 1370. The van der Waals surface area contributed by atoms with Crippen molar-refractivity contribution in [1.82, 2.24) is 9.88 Å². The van der Waals surface area contributed by atoms with Crippen LogP contribution in [-0.2, 0) is 27.3 Å². The Morgan fingerprint density at radius 2 is 1.77 bits per heavy atom. The molecule has 2 aromatic carbocycles. The molecule has 1 amide bonds. The second-order valence-electron chi connectivity index (χ2n) is 10.5. The molecular weight excluding hydrogens is 546 g/mol. The van der Waals surface area contributed by atoms with E-state index in [1.54, 1.807) is 36.4 Å². The summed E-state index contributed by atoms with van der Waals surface area (Å²) in [6.45, 7) is 3.07. The van der Waals surface area contributed by atoms with Crippen LogP contribution in [0.5, 0.6) is 0 Å². The number of aliphatic hydroxyl groups excluding tert-OH is 1. The SMILES string of the molecule is CC(C)(O)c1cc(F)c2c(c1)C(=O)N(Cc1ccc(Cl)cn1)[C@@]2(OCC1(OCCO)CC1)c1ccc(Cl)cc1. The number of pyridine rings is 1. The maximum Gasteiger partial charge on any atom is 0.257 e. The number of ether oxygens (including phenoxy) is 2. The number of hydrogen-bond donors (Lipinski definition) is 2. The maximum atomic E-state index is 16.2. The Kier molecular flexibility index (Phi) is 7.47. The number of nitrogens with zero attached hydrogens (tertiary/aromatic N) is 2. The minimum absolute atomic E-state index is 0.0188. The first kappa shape index (κ1) is 28.0. The first-order valence-corrected chi connectivity index (χ1v) is 13.4. The van der Waals surface area contributed by atoms with Crippen molar-refractivity contribution in [2.45, 2.75) is 50.2 Å². The lowest BCUT2D eigenvalue weighted by Crippen LogP contribution is -2.48. The van der Waals surface area contributed by atoms with Crippen molar-refractivity contribution >= 4 is 29.1 Å². The second-order valence-corrected chi connectivity index (χ2v) is 11.4. The molecule has 2 heterocycles. The Hall–Kier alpha value is -2.59. The van der Waals surface area contributed by atoms with Crippen LogP contribution in [0.15, 0.2) is 54.7 Å². The summed E-state index contributed by atoms with van der Waals surface area (Å²) in [5.74, 6) is -1.18. The number of fused-ring (bicyclic) bond motifs is 1.